The van der Waals surface area contributed by atoms with E-state index in [1.54, 1.807) is 16.7 Å². The number of hydrogen-bond acceptors (Lipinski definition) is 7. The molecule has 1 saturated carbocycles. The molecule has 5 rings (SSSR count). The number of amides is 2. The molecule has 0 N–H and O–H groups in total. The highest BCUT2D eigenvalue weighted by Crippen LogP contribution is 2.49. The van der Waals surface area contributed by atoms with Gasteiger partial charge in [-0.3, -0.25) is 9.78 Å². The van der Waals surface area contributed by atoms with E-state index in [1.165, 1.54) is 5.56 Å². The number of carbonyl (C=O) groups excluding carboxylic acids is 2. The van der Waals surface area contributed by atoms with Crippen LogP contribution in [0.15, 0.2) is 35.6 Å². The number of carbonyl (C=O) groups is 2. The van der Waals surface area contributed by atoms with Crippen molar-refractivity contribution < 1.29 is 14.3 Å². The summed E-state index contributed by atoms with van der Waals surface area (Å²) in [6.07, 6.45) is 14.5. The van der Waals surface area contributed by atoms with Crippen LogP contribution in [0.1, 0.15) is 82.8 Å². The van der Waals surface area contributed by atoms with Gasteiger partial charge in [-0.05, 0) is 89.0 Å². The van der Waals surface area contributed by atoms with E-state index in [2.05, 4.69) is 33.9 Å². The van der Waals surface area contributed by atoms with Gasteiger partial charge in [0.1, 0.15) is 11.4 Å². The SMILES string of the molecule is CSc1cnc(CC[C@H](C)CCc2ccc([C@H]3C[C@@H]3C(=O)N3CCC4(CC3)CN(C(=O)OC(C)(C)C)C4)cn2)nc1. The molecule has 9 heteroatoms. The van der Waals surface area contributed by atoms with Crippen LogP contribution >= 0.6 is 11.8 Å². The van der Waals surface area contributed by atoms with Crippen molar-refractivity contribution in [3.05, 3.63) is 47.8 Å². The van der Waals surface area contributed by atoms with Gasteiger partial charge in [0, 0.05) is 73.1 Å². The molecule has 1 aliphatic carbocycles. The van der Waals surface area contributed by atoms with Crippen molar-refractivity contribution in [1.82, 2.24) is 24.8 Å². The first-order valence-electron chi connectivity index (χ1n) is 15.1. The number of aromatic nitrogens is 3. The molecule has 41 heavy (non-hydrogen) atoms. The number of aryl methyl sites for hydroxylation is 2. The maximum atomic E-state index is 13.2. The molecule has 3 fully saturated rings. The average Bonchev–Trinajstić information content (AvgIpc) is 3.74. The van der Waals surface area contributed by atoms with E-state index in [4.69, 9.17) is 9.72 Å². The molecule has 3 aliphatic rings. The number of rotatable bonds is 9. The summed E-state index contributed by atoms with van der Waals surface area (Å²) in [6, 6.07) is 4.32. The molecular weight excluding hydrogens is 534 g/mol. The molecule has 0 unspecified atom stereocenters. The number of pyridine rings is 1. The number of hydrogen-bond donors (Lipinski definition) is 0. The number of thioether (sulfide) groups is 1. The molecule has 2 aromatic heterocycles. The molecule has 0 aromatic carbocycles. The Labute approximate surface area is 249 Å². The van der Waals surface area contributed by atoms with Gasteiger partial charge in [0.15, 0.2) is 0 Å². The first-order valence-corrected chi connectivity index (χ1v) is 16.3. The van der Waals surface area contributed by atoms with Crippen LogP contribution in [0.4, 0.5) is 4.79 Å². The number of nitrogens with zero attached hydrogens (tertiary/aromatic N) is 5. The third-order valence-corrected chi connectivity index (χ3v) is 9.58. The van der Waals surface area contributed by atoms with Gasteiger partial charge < -0.3 is 14.5 Å². The predicted octanol–water partition coefficient (Wildman–Crippen LogP) is 5.76. The maximum absolute atomic E-state index is 13.2. The molecule has 2 amide bonds. The summed E-state index contributed by atoms with van der Waals surface area (Å²) in [4.78, 5) is 44.2. The van der Waals surface area contributed by atoms with Gasteiger partial charge in [-0.15, -0.1) is 11.8 Å². The minimum Gasteiger partial charge on any atom is -0.444 e. The quantitative estimate of drug-likeness (QED) is 0.349. The first kappa shape index (κ1) is 29.8. The van der Waals surface area contributed by atoms with Gasteiger partial charge in [0.25, 0.3) is 0 Å². The lowest BCUT2D eigenvalue weighted by Gasteiger charge is -2.53. The number of likely N-dealkylation sites (tertiary alicyclic amines) is 2. The normalized spacial score (nSPS) is 22.3. The lowest BCUT2D eigenvalue weighted by Crippen LogP contribution is -2.62. The monoisotopic (exact) mass is 579 g/mol. The fourth-order valence-corrected chi connectivity index (χ4v) is 6.42. The average molecular weight is 580 g/mol. The number of piperidine rings is 1. The van der Waals surface area contributed by atoms with Gasteiger partial charge >= 0.3 is 6.09 Å². The highest BCUT2D eigenvalue weighted by atomic mass is 32.2. The van der Waals surface area contributed by atoms with E-state index in [0.717, 1.165) is 87.5 Å². The van der Waals surface area contributed by atoms with E-state index in [1.807, 2.05) is 45.6 Å². The lowest BCUT2D eigenvalue weighted by molar-refractivity contribution is -0.137. The third kappa shape index (κ3) is 7.59. The molecule has 2 aliphatic heterocycles. The lowest BCUT2D eigenvalue weighted by atomic mass is 9.72. The maximum Gasteiger partial charge on any atom is 0.410 e. The van der Waals surface area contributed by atoms with Gasteiger partial charge in [0.2, 0.25) is 5.91 Å². The van der Waals surface area contributed by atoms with Crippen molar-refractivity contribution in [3.63, 3.8) is 0 Å². The fourth-order valence-electron chi connectivity index (χ4n) is 6.10. The van der Waals surface area contributed by atoms with Crippen molar-refractivity contribution >= 4 is 23.8 Å². The second-order valence-corrected chi connectivity index (χ2v) is 14.3. The minimum absolute atomic E-state index is 0.0866. The highest BCUT2D eigenvalue weighted by Gasteiger charge is 2.51. The molecule has 3 atom stereocenters. The van der Waals surface area contributed by atoms with Gasteiger partial charge in [0.05, 0.1) is 0 Å². The summed E-state index contributed by atoms with van der Waals surface area (Å²) in [5, 5.41) is 0. The smallest absolute Gasteiger partial charge is 0.410 e. The fraction of sp³-hybridized carbons (Fsp3) is 0.656. The van der Waals surface area contributed by atoms with Crippen LogP contribution in [0.3, 0.4) is 0 Å². The second-order valence-electron chi connectivity index (χ2n) is 13.4. The Balaban J connectivity index is 1.01. The van der Waals surface area contributed by atoms with Gasteiger partial charge in [-0.1, -0.05) is 13.0 Å². The Morgan fingerprint density at radius 2 is 1.71 bits per heavy atom. The van der Waals surface area contributed by atoms with Crippen molar-refractivity contribution in [2.75, 3.05) is 32.4 Å². The highest BCUT2D eigenvalue weighted by molar-refractivity contribution is 7.98. The van der Waals surface area contributed by atoms with Crippen LogP contribution in [-0.2, 0) is 22.4 Å². The van der Waals surface area contributed by atoms with Crippen LogP contribution in [-0.4, -0.2) is 74.8 Å². The van der Waals surface area contributed by atoms with Crippen LogP contribution in [0.25, 0.3) is 0 Å². The van der Waals surface area contributed by atoms with Crippen LogP contribution in [0, 0.1) is 17.3 Å². The van der Waals surface area contributed by atoms with Crippen molar-refractivity contribution in [1.29, 1.82) is 0 Å². The first-order chi connectivity index (χ1) is 19.5. The summed E-state index contributed by atoms with van der Waals surface area (Å²) in [6.45, 7) is 11.0. The van der Waals surface area contributed by atoms with Crippen molar-refractivity contribution in [3.8, 4) is 0 Å². The van der Waals surface area contributed by atoms with E-state index < -0.39 is 5.60 Å². The summed E-state index contributed by atoms with van der Waals surface area (Å²) in [7, 11) is 0. The van der Waals surface area contributed by atoms with Crippen LogP contribution < -0.4 is 0 Å². The predicted molar refractivity (Wildman–Crippen MR) is 161 cm³/mol. The Hall–Kier alpha value is -2.68. The van der Waals surface area contributed by atoms with Gasteiger partial charge in [-0.2, -0.15) is 0 Å². The molecule has 2 saturated heterocycles. The zero-order valence-corrected chi connectivity index (χ0v) is 26.1. The Morgan fingerprint density at radius 1 is 1.02 bits per heavy atom. The zero-order chi connectivity index (χ0) is 29.2. The molecule has 1 spiro atoms. The molecule has 2 aromatic rings. The van der Waals surface area contributed by atoms with E-state index in [9.17, 15) is 9.59 Å². The minimum atomic E-state index is -0.470. The Bertz CT molecular complexity index is 1200. The van der Waals surface area contributed by atoms with E-state index in [0.29, 0.717) is 11.8 Å². The summed E-state index contributed by atoms with van der Waals surface area (Å²) in [5.41, 5.74) is 1.99. The largest absolute Gasteiger partial charge is 0.444 e. The molecular formula is C32H45N5O3S. The standard InChI is InChI=1S/C32H45N5O3S/c1-22(7-11-28-34-18-25(41-5)19-35-28)6-9-24-10-8-23(17-33-24)26-16-27(26)29(38)36-14-12-32(13-15-36)20-37(21-32)30(39)40-31(2,3)4/h8,10,17-19,22,26-27H,6-7,9,11-16,20-21H2,1-5H3/t22-,26-,27+/m1/s1. The molecule has 0 radical (unpaired) electrons. The number of ether oxygens (including phenoxy) is 1. The Kier molecular flexibility index (Phi) is 8.92. The van der Waals surface area contributed by atoms with Crippen molar-refractivity contribution in [2.45, 2.75) is 89.1 Å². The van der Waals surface area contributed by atoms with E-state index >= 15 is 0 Å². The topological polar surface area (TPSA) is 88.5 Å². The zero-order valence-electron chi connectivity index (χ0n) is 25.3. The summed E-state index contributed by atoms with van der Waals surface area (Å²) in [5.74, 6) is 2.17. The summed E-state index contributed by atoms with van der Waals surface area (Å²) >= 11 is 1.66. The van der Waals surface area contributed by atoms with E-state index in [-0.39, 0.29) is 23.3 Å². The van der Waals surface area contributed by atoms with Gasteiger partial charge in [-0.25, -0.2) is 14.8 Å². The molecule has 0 bridgehead atoms. The van der Waals surface area contributed by atoms with Crippen molar-refractivity contribution in [2.24, 2.45) is 17.3 Å². The third-order valence-electron chi connectivity index (χ3n) is 8.89. The van der Waals surface area contributed by atoms with Crippen LogP contribution in [0.5, 0.6) is 0 Å². The summed E-state index contributed by atoms with van der Waals surface area (Å²) < 4.78 is 5.50. The molecule has 222 valence electrons. The van der Waals surface area contributed by atoms with Crippen LogP contribution in [0.2, 0.25) is 0 Å². The molecule has 8 nitrogen and oxygen atoms in total. The second kappa shape index (κ2) is 12.3. The Morgan fingerprint density at radius 3 is 2.32 bits per heavy atom. The molecule has 4 heterocycles.